The van der Waals surface area contributed by atoms with E-state index in [1.807, 2.05) is 42.5 Å². The molecule has 4 nitrogen and oxygen atoms in total. The molecule has 21 heavy (non-hydrogen) atoms. The van der Waals surface area contributed by atoms with Crippen LogP contribution in [0.1, 0.15) is 21.5 Å². The predicted octanol–water partition coefficient (Wildman–Crippen LogP) is 2.18. The summed E-state index contributed by atoms with van der Waals surface area (Å²) in [6, 6.07) is 17.2. The fourth-order valence-electron chi connectivity index (χ4n) is 1.97. The lowest BCUT2D eigenvalue weighted by Crippen LogP contribution is -2.25. The highest BCUT2D eigenvalue weighted by molar-refractivity contribution is 5.92. The van der Waals surface area contributed by atoms with Gasteiger partial charge in [0.1, 0.15) is 0 Å². The zero-order valence-electron chi connectivity index (χ0n) is 11.8. The van der Waals surface area contributed by atoms with Gasteiger partial charge in [-0.25, -0.2) is 4.79 Å². The molecule has 0 saturated heterocycles. The first-order valence-electron chi connectivity index (χ1n) is 6.70. The van der Waals surface area contributed by atoms with Crippen molar-refractivity contribution in [2.24, 2.45) is 0 Å². The van der Waals surface area contributed by atoms with Gasteiger partial charge in [-0.15, -0.1) is 0 Å². The Morgan fingerprint density at radius 3 is 2.38 bits per heavy atom. The predicted molar refractivity (Wildman–Crippen MR) is 80.0 cm³/mol. The summed E-state index contributed by atoms with van der Waals surface area (Å²) in [5.74, 6) is -0.811. The van der Waals surface area contributed by atoms with E-state index in [-0.39, 0.29) is 12.5 Å². The number of nitrogens with one attached hydrogen (secondary N) is 1. The summed E-state index contributed by atoms with van der Waals surface area (Å²) in [6.07, 6.45) is 0.645. The summed E-state index contributed by atoms with van der Waals surface area (Å²) in [7, 11) is 1.50. The van der Waals surface area contributed by atoms with E-state index in [1.165, 1.54) is 7.05 Å². The van der Waals surface area contributed by atoms with E-state index in [2.05, 4.69) is 5.32 Å². The molecule has 0 aliphatic rings. The lowest BCUT2D eigenvalue weighted by atomic mass is 10.00. The SMILES string of the molecule is CNC(=O)COC(=O)c1ccccc1Cc1ccccc1. The number of likely N-dealkylation sites (N-methyl/N-ethyl adjacent to an activating group) is 1. The minimum atomic E-state index is -0.481. The highest BCUT2D eigenvalue weighted by Crippen LogP contribution is 2.15. The average molecular weight is 283 g/mol. The van der Waals surface area contributed by atoms with Gasteiger partial charge in [-0.1, -0.05) is 48.5 Å². The summed E-state index contributed by atoms with van der Waals surface area (Å²) in [6.45, 7) is -0.269. The van der Waals surface area contributed by atoms with Crippen molar-refractivity contribution >= 4 is 11.9 Å². The molecule has 0 heterocycles. The molecule has 0 unspecified atom stereocenters. The van der Waals surface area contributed by atoms with Crippen LogP contribution in [0, 0.1) is 0 Å². The van der Waals surface area contributed by atoms with Gasteiger partial charge in [-0.3, -0.25) is 4.79 Å². The molecule has 0 aliphatic carbocycles. The molecular weight excluding hydrogens is 266 g/mol. The summed E-state index contributed by atoms with van der Waals surface area (Å²) in [5, 5.41) is 2.41. The number of amides is 1. The zero-order valence-corrected chi connectivity index (χ0v) is 11.8. The minimum absolute atomic E-state index is 0.269. The van der Waals surface area contributed by atoms with Crippen molar-refractivity contribution in [1.82, 2.24) is 5.32 Å². The molecular formula is C17H17NO3. The van der Waals surface area contributed by atoms with Gasteiger partial charge in [-0.05, 0) is 23.6 Å². The Kier molecular flexibility index (Phi) is 5.10. The number of ether oxygens (including phenoxy) is 1. The van der Waals surface area contributed by atoms with Crippen LogP contribution >= 0.6 is 0 Å². The van der Waals surface area contributed by atoms with Crippen LogP contribution in [0.4, 0.5) is 0 Å². The van der Waals surface area contributed by atoms with Crippen LogP contribution in [-0.4, -0.2) is 25.5 Å². The van der Waals surface area contributed by atoms with Crippen molar-refractivity contribution in [2.75, 3.05) is 13.7 Å². The van der Waals surface area contributed by atoms with Crippen LogP contribution in [0.15, 0.2) is 54.6 Å². The maximum Gasteiger partial charge on any atom is 0.338 e. The second-order valence-electron chi connectivity index (χ2n) is 4.57. The fourth-order valence-corrected chi connectivity index (χ4v) is 1.97. The molecule has 2 aromatic carbocycles. The largest absolute Gasteiger partial charge is 0.452 e. The Balaban J connectivity index is 2.13. The quantitative estimate of drug-likeness (QED) is 0.856. The van der Waals surface area contributed by atoms with Crippen molar-refractivity contribution in [3.05, 3.63) is 71.3 Å². The van der Waals surface area contributed by atoms with E-state index >= 15 is 0 Å². The molecule has 0 bridgehead atoms. The van der Waals surface area contributed by atoms with Gasteiger partial charge in [0, 0.05) is 7.05 Å². The average Bonchev–Trinajstić information content (AvgIpc) is 2.53. The van der Waals surface area contributed by atoms with E-state index in [0.29, 0.717) is 12.0 Å². The van der Waals surface area contributed by atoms with Gasteiger partial charge in [0.05, 0.1) is 5.56 Å². The maximum absolute atomic E-state index is 12.1. The number of hydrogen-bond acceptors (Lipinski definition) is 3. The molecule has 1 N–H and O–H groups in total. The number of carbonyl (C=O) groups is 2. The summed E-state index contributed by atoms with van der Waals surface area (Å²) in [5.41, 5.74) is 2.49. The van der Waals surface area contributed by atoms with Gasteiger partial charge in [0.2, 0.25) is 0 Å². The molecule has 0 saturated carbocycles. The van der Waals surface area contributed by atoms with E-state index in [1.54, 1.807) is 12.1 Å². The van der Waals surface area contributed by atoms with Crippen LogP contribution in [0.25, 0.3) is 0 Å². The van der Waals surface area contributed by atoms with Crippen LogP contribution in [0.5, 0.6) is 0 Å². The molecule has 0 radical (unpaired) electrons. The number of carbonyl (C=O) groups excluding carboxylic acids is 2. The van der Waals surface area contributed by atoms with Gasteiger partial charge in [0.25, 0.3) is 5.91 Å². The molecule has 1 amide bonds. The smallest absolute Gasteiger partial charge is 0.338 e. The first kappa shape index (κ1) is 14.8. The minimum Gasteiger partial charge on any atom is -0.452 e. The Morgan fingerprint density at radius 1 is 1.00 bits per heavy atom. The van der Waals surface area contributed by atoms with Crippen molar-refractivity contribution in [2.45, 2.75) is 6.42 Å². The first-order valence-corrected chi connectivity index (χ1v) is 6.70. The monoisotopic (exact) mass is 283 g/mol. The molecule has 0 atom stereocenters. The standard InChI is InChI=1S/C17H17NO3/c1-18-16(19)12-21-17(20)15-10-6-5-9-14(15)11-13-7-3-2-4-8-13/h2-10H,11-12H2,1H3,(H,18,19). The number of hydrogen-bond donors (Lipinski definition) is 1. The Labute approximate surface area is 123 Å². The first-order chi connectivity index (χ1) is 10.2. The normalized spacial score (nSPS) is 9.95. The second kappa shape index (κ2) is 7.24. The molecule has 2 rings (SSSR count). The molecule has 4 heteroatoms. The third-order valence-corrected chi connectivity index (χ3v) is 3.09. The zero-order chi connectivity index (χ0) is 15.1. The summed E-state index contributed by atoms with van der Waals surface area (Å²) < 4.78 is 5.01. The van der Waals surface area contributed by atoms with Crippen molar-refractivity contribution in [3.8, 4) is 0 Å². The van der Waals surface area contributed by atoms with Crippen molar-refractivity contribution in [3.63, 3.8) is 0 Å². The lowest BCUT2D eigenvalue weighted by molar-refractivity contribution is -0.123. The van der Waals surface area contributed by atoms with E-state index in [4.69, 9.17) is 4.74 Å². The Hall–Kier alpha value is -2.62. The molecule has 0 aromatic heterocycles. The highest BCUT2D eigenvalue weighted by atomic mass is 16.5. The van der Waals surface area contributed by atoms with E-state index < -0.39 is 5.97 Å². The van der Waals surface area contributed by atoms with Gasteiger partial charge >= 0.3 is 5.97 Å². The fraction of sp³-hybridized carbons (Fsp3) is 0.176. The third-order valence-electron chi connectivity index (χ3n) is 3.09. The topological polar surface area (TPSA) is 55.4 Å². The van der Waals surface area contributed by atoms with Crippen LogP contribution in [0.3, 0.4) is 0 Å². The van der Waals surface area contributed by atoms with Gasteiger partial charge in [-0.2, -0.15) is 0 Å². The lowest BCUT2D eigenvalue weighted by Gasteiger charge is -2.09. The van der Waals surface area contributed by atoms with Crippen molar-refractivity contribution < 1.29 is 14.3 Å². The van der Waals surface area contributed by atoms with Crippen LogP contribution < -0.4 is 5.32 Å². The second-order valence-corrected chi connectivity index (χ2v) is 4.57. The molecule has 0 spiro atoms. The number of benzene rings is 2. The summed E-state index contributed by atoms with van der Waals surface area (Å²) >= 11 is 0. The van der Waals surface area contributed by atoms with E-state index in [0.717, 1.165) is 11.1 Å². The number of rotatable bonds is 5. The maximum atomic E-state index is 12.1. The molecule has 0 fully saturated rings. The summed E-state index contributed by atoms with van der Waals surface area (Å²) in [4.78, 5) is 23.2. The molecule has 108 valence electrons. The Bertz CT molecular complexity index is 623. The van der Waals surface area contributed by atoms with E-state index in [9.17, 15) is 9.59 Å². The van der Waals surface area contributed by atoms with Crippen LogP contribution in [-0.2, 0) is 16.0 Å². The van der Waals surface area contributed by atoms with Crippen molar-refractivity contribution in [1.29, 1.82) is 0 Å². The Morgan fingerprint density at radius 2 is 1.67 bits per heavy atom. The molecule has 2 aromatic rings. The highest BCUT2D eigenvalue weighted by Gasteiger charge is 2.13. The van der Waals surface area contributed by atoms with Gasteiger partial charge in [0.15, 0.2) is 6.61 Å². The number of esters is 1. The third kappa shape index (κ3) is 4.18. The molecule has 0 aliphatic heterocycles. The van der Waals surface area contributed by atoms with Crippen LogP contribution in [0.2, 0.25) is 0 Å². The van der Waals surface area contributed by atoms with Gasteiger partial charge < -0.3 is 10.1 Å².